The number of nitrogens with one attached hydrogen (secondary N) is 1. The van der Waals surface area contributed by atoms with Gasteiger partial charge in [0.05, 0.1) is 25.4 Å². The van der Waals surface area contributed by atoms with Crippen LogP contribution < -0.4 is 5.32 Å². The fourth-order valence-corrected chi connectivity index (χ4v) is 12.2. The third-order valence-electron chi connectivity index (χ3n) is 18.0. The average Bonchev–Trinajstić information content (AvgIpc) is 3.49. The van der Waals surface area contributed by atoms with Crippen molar-refractivity contribution in [1.82, 2.24) is 5.32 Å². The van der Waals surface area contributed by atoms with Crippen LogP contribution in [0.2, 0.25) is 0 Å². The van der Waals surface area contributed by atoms with E-state index in [1.54, 1.807) is 0 Å². The predicted molar refractivity (Wildman–Crippen MR) is 366 cm³/mol. The highest BCUT2D eigenvalue weighted by Crippen LogP contribution is 2.20. The van der Waals surface area contributed by atoms with Gasteiger partial charge in [-0.3, -0.25) is 9.59 Å². The number of aliphatic hydroxyl groups is 2. The van der Waals surface area contributed by atoms with Crippen molar-refractivity contribution in [2.45, 2.75) is 443 Å². The second-order valence-corrected chi connectivity index (χ2v) is 26.3. The number of carbonyl (C=O) groups is 2. The van der Waals surface area contributed by atoms with Gasteiger partial charge in [0.2, 0.25) is 5.91 Å². The molecule has 0 radical (unpaired) electrons. The van der Waals surface area contributed by atoms with Crippen molar-refractivity contribution in [2.24, 2.45) is 0 Å². The number of unbranched alkanes of at least 4 members (excludes halogenated alkanes) is 57. The molecule has 0 heterocycles. The summed E-state index contributed by atoms with van der Waals surface area (Å²) in [5.74, 6) is -0.0183. The van der Waals surface area contributed by atoms with Crippen LogP contribution >= 0.6 is 0 Å². The number of aliphatic hydroxyl groups excluding tert-OH is 2. The van der Waals surface area contributed by atoms with Crippen LogP contribution in [-0.4, -0.2) is 47.4 Å². The maximum Gasteiger partial charge on any atom is 0.305 e. The SMILES string of the molecule is CCCCC/C=C\CCCCCCCC(=O)OCCCCCCCCCCCCCC/C=C\CCCCCCCCCCCCCCCCCCC(=O)NC(CO)C(O)CCCCCCCCCCCCCCCCCCCCCCCC. The van der Waals surface area contributed by atoms with Crippen LogP contribution in [0.25, 0.3) is 0 Å². The molecular formula is C77H149NO5. The Hall–Kier alpha value is -1.66. The molecule has 0 bridgehead atoms. The number of hydrogen-bond acceptors (Lipinski definition) is 5. The summed E-state index contributed by atoms with van der Waals surface area (Å²) in [5.41, 5.74) is 0. The zero-order chi connectivity index (χ0) is 59.9. The lowest BCUT2D eigenvalue weighted by Gasteiger charge is -2.22. The summed E-state index contributed by atoms with van der Waals surface area (Å²) in [6, 6.07) is -0.540. The number of hydrogen-bond donors (Lipinski definition) is 3. The first-order valence-corrected chi connectivity index (χ1v) is 38.1. The molecule has 2 unspecified atom stereocenters. The van der Waals surface area contributed by atoms with Crippen LogP contribution in [0.4, 0.5) is 0 Å². The van der Waals surface area contributed by atoms with E-state index in [4.69, 9.17) is 4.74 Å². The molecule has 492 valence electrons. The van der Waals surface area contributed by atoms with Gasteiger partial charge in [0.25, 0.3) is 0 Å². The lowest BCUT2D eigenvalue weighted by atomic mass is 10.0. The number of ether oxygens (including phenoxy) is 1. The molecule has 6 nitrogen and oxygen atoms in total. The summed E-state index contributed by atoms with van der Waals surface area (Å²) in [6.07, 6.45) is 92.6. The van der Waals surface area contributed by atoms with Crippen molar-refractivity contribution in [2.75, 3.05) is 13.2 Å². The molecule has 0 aromatic carbocycles. The number of esters is 1. The number of allylic oxidation sites excluding steroid dienone is 4. The average molecular weight is 1170 g/mol. The molecule has 0 aliphatic rings. The van der Waals surface area contributed by atoms with Gasteiger partial charge in [0, 0.05) is 12.8 Å². The highest BCUT2D eigenvalue weighted by Gasteiger charge is 2.20. The lowest BCUT2D eigenvalue weighted by molar-refractivity contribution is -0.143. The largest absolute Gasteiger partial charge is 0.466 e. The van der Waals surface area contributed by atoms with Crippen LogP contribution in [0.1, 0.15) is 431 Å². The van der Waals surface area contributed by atoms with Gasteiger partial charge in [-0.25, -0.2) is 0 Å². The first-order valence-electron chi connectivity index (χ1n) is 38.1. The Morgan fingerprint density at radius 1 is 0.325 bits per heavy atom. The molecule has 3 N–H and O–H groups in total. The lowest BCUT2D eigenvalue weighted by Crippen LogP contribution is -2.45. The van der Waals surface area contributed by atoms with Crippen molar-refractivity contribution >= 4 is 11.9 Å². The Morgan fingerprint density at radius 3 is 0.880 bits per heavy atom. The van der Waals surface area contributed by atoms with Crippen molar-refractivity contribution in [1.29, 1.82) is 0 Å². The van der Waals surface area contributed by atoms with Gasteiger partial charge in [-0.15, -0.1) is 0 Å². The number of amides is 1. The Balaban J connectivity index is 3.36. The summed E-state index contributed by atoms with van der Waals surface area (Å²) in [6.45, 7) is 4.97. The van der Waals surface area contributed by atoms with E-state index in [0.29, 0.717) is 25.9 Å². The minimum Gasteiger partial charge on any atom is -0.466 e. The Labute approximate surface area is 520 Å². The molecule has 0 aliphatic heterocycles. The zero-order valence-corrected chi connectivity index (χ0v) is 56.5. The molecule has 0 fully saturated rings. The van der Waals surface area contributed by atoms with Crippen LogP contribution in [0.5, 0.6) is 0 Å². The van der Waals surface area contributed by atoms with E-state index in [2.05, 4.69) is 43.5 Å². The van der Waals surface area contributed by atoms with Gasteiger partial charge in [-0.1, -0.05) is 366 Å². The fraction of sp³-hybridized carbons (Fsp3) is 0.922. The quantitative estimate of drug-likeness (QED) is 0.0320. The summed E-state index contributed by atoms with van der Waals surface area (Å²) < 4.78 is 5.48. The molecule has 0 aromatic rings. The van der Waals surface area contributed by atoms with E-state index in [9.17, 15) is 19.8 Å². The standard InChI is InChI=1S/C77H149NO5/c1-3-5-7-9-11-13-15-17-18-19-20-21-34-37-40-43-46-49-53-57-61-65-69-75(80)74(73-79)78-76(81)70-66-62-58-54-50-47-44-41-38-35-32-30-28-26-24-22-23-25-27-29-31-33-36-39-42-45-48-52-56-60-64-68-72-83-77(82)71-67-63-59-55-51-16-14-12-10-8-6-4-2/h12,14,25,27,74-75,79-80H,3-11,13,15-24,26,28-73H2,1-2H3,(H,78,81)/b14-12-,27-25-. The molecule has 0 saturated heterocycles. The van der Waals surface area contributed by atoms with Gasteiger partial charge in [-0.2, -0.15) is 0 Å². The van der Waals surface area contributed by atoms with Gasteiger partial charge in [0.15, 0.2) is 0 Å². The van der Waals surface area contributed by atoms with Gasteiger partial charge < -0.3 is 20.3 Å². The number of carbonyl (C=O) groups excluding carboxylic acids is 2. The Bertz CT molecular complexity index is 1300. The highest BCUT2D eigenvalue weighted by molar-refractivity contribution is 5.76. The van der Waals surface area contributed by atoms with E-state index in [1.165, 1.54) is 353 Å². The van der Waals surface area contributed by atoms with Gasteiger partial charge >= 0.3 is 5.97 Å². The van der Waals surface area contributed by atoms with E-state index >= 15 is 0 Å². The molecule has 83 heavy (non-hydrogen) atoms. The first kappa shape index (κ1) is 81.3. The maximum absolute atomic E-state index is 12.6. The van der Waals surface area contributed by atoms with Crippen LogP contribution in [-0.2, 0) is 14.3 Å². The van der Waals surface area contributed by atoms with E-state index < -0.39 is 12.1 Å². The fourth-order valence-electron chi connectivity index (χ4n) is 12.2. The Morgan fingerprint density at radius 2 is 0.566 bits per heavy atom. The molecule has 2 atom stereocenters. The maximum atomic E-state index is 12.6. The molecular weight excluding hydrogens is 1020 g/mol. The molecule has 0 aliphatic carbocycles. The normalized spacial score (nSPS) is 12.6. The van der Waals surface area contributed by atoms with Crippen LogP contribution in [0.15, 0.2) is 24.3 Å². The molecule has 0 aromatic heterocycles. The summed E-state index contributed by atoms with van der Waals surface area (Å²) in [5, 5.41) is 23.5. The van der Waals surface area contributed by atoms with Gasteiger partial charge in [-0.05, 0) is 77.0 Å². The topological polar surface area (TPSA) is 95.9 Å². The van der Waals surface area contributed by atoms with Crippen LogP contribution in [0, 0.1) is 0 Å². The minimum absolute atomic E-state index is 0.00884. The summed E-state index contributed by atoms with van der Waals surface area (Å²) in [4.78, 5) is 24.6. The van der Waals surface area contributed by atoms with E-state index in [-0.39, 0.29) is 18.5 Å². The number of rotatable bonds is 72. The predicted octanol–water partition coefficient (Wildman–Crippen LogP) is 24.9. The second-order valence-electron chi connectivity index (χ2n) is 26.3. The molecule has 0 saturated carbocycles. The molecule has 0 rings (SSSR count). The van der Waals surface area contributed by atoms with Crippen molar-refractivity contribution in [3.63, 3.8) is 0 Å². The smallest absolute Gasteiger partial charge is 0.305 e. The van der Waals surface area contributed by atoms with E-state index in [0.717, 1.165) is 44.9 Å². The third kappa shape index (κ3) is 69.3. The minimum atomic E-state index is -0.663. The van der Waals surface area contributed by atoms with Crippen molar-refractivity contribution in [3.8, 4) is 0 Å². The van der Waals surface area contributed by atoms with Crippen molar-refractivity contribution < 1.29 is 24.5 Å². The molecule has 1 amide bonds. The van der Waals surface area contributed by atoms with Gasteiger partial charge in [0.1, 0.15) is 0 Å². The second kappa shape index (κ2) is 72.8. The first-order chi connectivity index (χ1) is 41.0. The highest BCUT2D eigenvalue weighted by atomic mass is 16.5. The van der Waals surface area contributed by atoms with Crippen molar-refractivity contribution in [3.05, 3.63) is 24.3 Å². The third-order valence-corrected chi connectivity index (χ3v) is 18.0. The summed E-state index contributed by atoms with van der Waals surface area (Å²) in [7, 11) is 0. The summed E-state index contributed by atoms with van der Waals surface area (Å²) >= 11 is 0. The monoisotopic (exact) mass is 1170 g/mol. The molecule has 0 spiro atoms. The molecule has 6 heteroatoms. The Kier molecular flexibility index (Phi) is 71.4. The van der Waals surface area contributed by atoms with Crippen LogP contribution in [0.3, 0.4) is 0 Å². The van der Waals surface area contributed by atoms with E-state index in [1.807, 2.05) is 0 Å². The zero-order valence-electron chi connectivity index (χ0n) is 56.5.